The molecule has 0 saturated carbocycles. The standard InChI is InChI=1S/C24H22N4O7/c1-33-20-11-15(12-21(34-2)22(20)35-3)14-25-27-24(30)16-7-9-18(10-8-16)26-23(29)17-5-4-6-19(13-17)28(31)32/h4-14H,1-3H3,(H,26,29)(H,27,30)/b25-14-. The largest absolute Gasteiger partial charge is 0.493 e. The van der Waals surface area contributed by atoms with Gasteiger partial charge in [0.25, 0.3) is 17.5 Å². The van der Waals surface area contributed by atoms with E-state index in [9.17, 15) is 19.7 Å². The number of anilines is 1. The van der Waals surface area contributed by atoms with Gasteiger partial charge in [-0.15, -0.1) is 0 Å². The average molecular weight is 478 g/mol. The SMILES string of the molecule is COc1cc(/C=N\NC(=O)c2ccc(NC(=O)c3cccc([N+](=O)[O-])c3)cc2)cc(OC)c1OC. The number of ether oxygens (including phenoxy) is 3. The van der Waals surface area contributed by atoms with E-state index in [1.165, 1.54) is 76.1 Å². The first-order chi connectivity index (χ1) is 16.9. The van der Waals surface area contributed by atoms with Crippen LogP contribution in [0.15, 0.2) is 65.8 Å². The van der Waals surface area contributed by atoms with Crippen molar-refractivity contribution in [1.29, 1.82) is 0 Å². The van der Waals surface area contributed by atoms with Crippen molar-refractivity contribution in [3.05, 3.63) is 87.5 Å². The van der Waals surface area contributed by atoms with Crippen molar-refractivity contribution in [2.24, 2.45) is 5.10 Å². The molecule has 0 heterocycles. The van der Waals surface area contributed by atoms with Crippen molar-refractivity contribution in [3.63, 3.8) is 0 Å². The Bertz CT molecular complexity index is 1250. The molecule has 0 aliphatic heterocycles. The second-order valence-electron chi connectivity index (χ2n) is 7.00. The van der Waals surface area contributed by atoms with Crippen LogP contribution in [0.25, 0.3) is 0 Å². The zero-order chi connectivity index (χ0) is 25.4. The second kappa shape index (κ2) is 11.3. The number of nitro groups is 1. The molecule has 0 bridgehead atoms. The van der Waals surface area contributed by atoms with E-state index in [0.717, 1.165) is 0 Å². The summed E-state index contributed by atoms with van der Waals surface area (Å²) in [5.74, 6) is 0.352. The summed E-state index contributed by atoms with van der Waals surface area (Å²) in [6, 6.07) is 14.8. The van der Waals surface area contributed by atoms with Crippen LogP contribution in [-0.2, 0) is 0 Å². The maximum absolute atomic E-state index is 12.4. The molecule has 0 aliphatic carbocycles. The fourth-order valence-corrected chi connectivity index (χ4v) is 3.07. The summed E-state index contributed by atoms with van der Waals surface area (Å²) in [7, 11) is 4.49. The van der Waals surface area contributed by atoms with Crippen molar-refractivity contribution in [3.8, 4) is 17.2 Å². The lowest BCUT2D eigenvalue weighted by Gasteiger charge is -2.12. The second-order valence-corrected chi connectivity index (χ2v) is 7.00. The highest BCUT2D eigenvalue weighted by Gasteiger charge is 2.14. The maximum atomic E-state index is 12.4. The van der Waals surface area contributed by atoms with Crippen LogP contribution in [0.2, 0.25) is 0 Å². The molecule has 3 aromatic rings. The highest BCUT2D eigenvalue weighted by Crippen LogP contribution is 2.37. The molecule has 0 unspecified atom stereocenters. The summed E-state index contributed by atoms with van der Waals surface area (Å²) in [5, 5.41) is 17.5. The summed E-state index contributed by atoms with van der Waals surface area (Å²) in [6.07, 6.45) is 1.43. The van der Waals surface area contributed by atoms with E-state index in [2.05, 4.69) is 15.8 Å². The Kier molecular flexibility index (Phi) is 7.96. The molecule has 0 spiro atoms. The van der Waals surface area contributed by atoms with Crippen LogP contribution < -0.4 is 25.0 Å². The number of nitrogens with one attached hydrogen (secondary N) is 2. The molecule has 35 heavy (non-hydrogen) atoms. The van der Waals surface area contributed by atoms with E-state index in [1.54, 1.807) is 12.1 Å². The molecule has 0 aromatic heterocycles. The number of carbonyl (C=O) groups is 2. The number of hydrazone groups is 1. The summed E-state index contributed by atoms with van der Waals surface area (Å²) < 4.78 is 15.8. The van der Waals surface area contributed by atoms with Crippen LogP contribution in [-0.4, -0.2) is 44.3 Å². The van der Waals surface area contributed by atoms with Gasteiger partial charge in [0.1, 0.15) is 0 Å². The lowest BCUT2D eigenvalue weighted by atomic mass is 10.1. The van der Waals surface area contributed by atoms with Crippen molar-refractivity contribution in [2.45, 2.75) is 0 Å². The lowest BCUT2D eigenvalue weighted by Crippen LogP contribution is -2.18. The van der Waals surface area contributed by atoms with Crippen molar-refractivity contribution >= 4 is 29.4 Å². The smallest absolute Gasteiger partial charge is 0.271 e. The van der Waals surface area contributed by atoms with Crippen LogP contribution >= 0.6 is 0 Å². The van der Waals surface area contributed by atoms with E-state index in [0.29, 0.717) is 34.1 Å². The van der Waals surface area contributed by atoms with Crippen molar-refractivity contribution in [1.82, 2.24) is 5.43 Å². The Labute approximate surface area is 200 Å². The van der Waals surface area contributed by atoms with Crippen molar-refractivity contribution in [2.75, 3.05) is 26.6 Å². The van der Waals surface area contributed by atoms with Crippen LogP contribution in [0, 0.1) is 10.1 Å². The van der Waals surface area contributed by atoms with Gasteiger partial charge in [-0.2, -0.15) is 5.10 Å². The first kappa shape index (κ1) is 24.7. The predicted molar refractivity (Wildman–Crippen MR) is 129 cm³/mol. The minimum Gasteiger partial charge on any atom is -0.493 e. The molecule has 0 fully saturated rings. The molecule has 2 amide bonds. The third-order valence-electron chi connectivity index (χ3n) is 4.79. The minimum absolute atomic E-state index is 0.141. The van der Waals surface area contributed by atoms with Gasteiger partial charge >= 0.3 is 0 Å². The number of hydrogen-bond donors (Lipinski definition) is 2. The number of methoxy groups -OCH3 is 3. The normalized spacial score (nSPS) is 10.5. The molecule has 0 atom stereocenters. The number of carbonyl (C=O) groups excluding carboxylic acids is 2. The summed E-state index contributed by atoms with van der Waals surface area (Å²) in [6.45, 7) is 0. The molecule has 0 aliphatic rings. The minimum atomic E-state index is -0.575. The zero-order valence-corrected chi connectivity index (χ0v) is 19.1. The van der Waals surface area contributed by atoms with E-state index < -0.39 is 16.7 Å². The highest BCUT2D eigenvalue weighted by atomic mass is 16.6. The molecular weight excluding hydrogens is 456 g/mol. The summed E-state index contributed by atoms with van der Waals surface area (Å²) in [5.41, 5.74) is 3.71. The third-order valence-corrected chi connectivity index (χ3v) is 4.79. The molecule has 3 aromatic carbocycles. The maximum Gasteiger partial charge on any atom is 0.271 e. The fraction of sp³-hybridized carbons (Fsp3) is 0.125. The van der Waals surface area contributed by atoms with Gasteiger partial charge in [0, 0.05) is 34.5 Å². The monoisotopic (exact) mass is 478 g/mol. The number of nitrogens with zero attached hydrogens (tertiary/aromatic N) is 2. The van der Waals surface area contributed by atoms with Gasteiger partial charge in [-0.3, -0.25) is 19.7 Å². The van der Waals surface area contributed by atoms with E-state index in [-0.39, 0.29) is 11.3 Å². The van der Waals surface area contributed by atoms with Crippen LogP contribution in [0.1, 0.15) is 26.3 Å². The predicted octanol–water partition coefficient (Wildman–Crippen LogP) is 3.64. The Balaban J connectivity index is 1.63. The molecule has 2 N–H and O–H groups in total. The Hall–Kier alpha value is -4.93. The number of non-ortho nitro benzene ring substituents is 1. The van der Waals surface area contributed by atoms with Crippen molar-refractivity contribution < 1.29 is 28.7 Å². The van der Waals surface area contributed by atoms with Gasteiger partial charge in [-0.25, -0.2) is 5.43 Å². The van der Waals surface area contributed by atoms with Crippen LogP contribution in [0.4, 0.5) is 11.4 Å². The Morgan fingerprint density at radius 2 is 1.54 bits per heavy atom. The average Bonchev–Trinajstić information content (AvgIpc) is 2.88. The van der Waals surface area contributed by atoms with E-state index in [1.807, 2.05) is 0 Å². The number of benzene rings is 3. The molecule has 11 heteroatoms. The molecule has 0 saturated heterocycles. The number of amides is 2. The third kappa shape index (κ3) is 6.11. The molecule has 180 valence electrons. The van der Waals surface area contributed by atoms with Crippen LogP contribution in [0.5, 0.6) is 17.2 Å². The number of nitro benzene ring substituents is 1. The summed E-state index contributed by atoms with van der Waals surface area (Å²) >= 11 is 0. The lowest BCUT2D eigenvalue weighted by molar-refractivity contribution is -0.384. The van der Waals surface area contributed by atoms with E-state index in [4.69, 9.17) is 14.2 Å². The van der Waals surface area contributed by atoms with Gasteiger partial charge in [0.2, 0.25) is 5.75 Å². The number of rotatable bonds is 9. The Morgan fingerprint density at radius 3 is 2.11 bits per heavy atom. The highest BCUT2D eigenvalue weighted by molar-refractivity contribution is 6.05. The molecule has 11 nitrogen and oxygen atoms in total. The van der Waals surface area contributed by atoms with Gasteiger partial charge in [-0.1, -0.05) is 6.07 Å². The quantitative estimate of drug-likeness (QED) is 0.272. The molecule has 0 radical (unpaired) electrons. The molecular formula is C24H22N4O7. The fourth-order valence-electron chi connectivity index (χ4n) is 3.07. The van der Waals surface area contributed by atoms with Gasteiger partial charge in [0.15, 0.2) is 11.5 Å². The summed E-state index contributed by atoms with van der Waals surface area (Å²) in [4.78, 5) is 35.1. The van der Waals surface area contributed by atoms with E-state index >= 15 is 0 Å². The topological polar surface area (TPSA) is 141 Å². The van der Waals surface area contributed by atoms with Gasteiger partial charge in [0.05, 0.1) is 32.5 Å². The van der Waals surface area contributed by atoms with Crippen LogP contribution in [0.3, 0.4) is 0 Å². The first-order valence-electron chi connectivity index (χ1n) is 10.2. The zero-order valence-electron chi connectivity index (χ0n) is 19.1. The van der Waals surface area contributed by atoms with Gasteiger partial charge in [-0.05, 0) is 42.5 Å². The Morgan fingerprint density at radius 1 is 0.886 bits per heavy atom. The number of hydrogen-bond acceptors (Lipinski definition) is 8. The van der Waals surface area contributed by atoms with Gasteiger partial charge < -0.3 is 19.5 Å². The first-order valence-corrected chi connectivity index (χ1v) is 10.2. The molecule has 3 rings (SSSR count).